The zero-order valence-corrected chi connectivity index (χ0v) is 38.6. The summed E-state index contributed by atoms with van der Waals surface area (Å²) >= 11 is 0. The topological polar surface area (TPSA) is 212 Å². The van der Waals surface area contributed by atoms with Gasteiger partial charge < -0.3 is 62.5 Å². The number of allylic oxidation sites excluding steroid dienone is 2. The first-order valence-electron chi connectivity index (χ1n) is 21.9. The van der Waals surface area contributed by atoms with Crippen LogP contribution in [0.4, 0.5) is 0 Å². The summed E-state index contributed by atoms with van der Waals surface area (Å²) in [5.74, 6) is -3.52. The van der Waals surface area contributed by atoms with Crippen LogP contribution in [0, 0.1) is 17.8 Å². The van der Waals surface area contributed by atoms with Crippen LogP contribution in [0.1, 0.15) is 107 Å². The highest BCUT2D eigenvalue weighted by Gasteiger charge is 2.54. The van der Waals surface area contributed by atoms with Crippen LogP contribution in [0.15, 0.2) is 24.3 Å². The second-order valence-corrected chi connectivity index (χ2v) is 17.8. The third kappa shape index (κ3) is 15.5. The van der Waals surface area contributed by atoms with Crippen molar-refractivity contribution in [2.75, 3.05) is 21.2 Å². The van der Waals surface area contributed by atoms with E-state index in [1.807, 2.05) is 20.8 Å². The minimum atomic E-state index is -1.53. The van der Waals surface area contributed by atoms with Crippen LogP contribution in [-0.4, -0.2) is 152 Å². The summed E-state index contributed by atoms with van der Waals surface area (Å²) < 4.78 is 55.5. The van der Waals surface area contributed by atoms with Crippen molar-refractivity contribution in [1.82, 2.24) is 4.90 Å². The van der Waals surface area contributed by atoms with Gasteiger partial charge in [0.15, 0.2) is 24.8 Å². The van der Waals surface area contributed by atoms with E-state index in [0.29, 0.717) is 12.7 Å². The summed E-state index contributed by atoms with van der Waals surface area (Å²) in [4.78, 5) is 66.1. The molecular formula is C45H73NO16. The molecule has 3 aliphatic heterocycles. The number of aliphatic hydroxyl groups excluding tert-OH is 1. The van der Waals surface area contributed by atoms with Gasteiger partial charge in [0.1, 0.15) is 36.3 Å². The number of aldehydes is 1. The predicted molar refractivity (Wildman–Crippen MR) is 224 cm³/mol. The highest BCUT2D eigenvalue weighted by Crippen LogP contribution is 2.38. The molecule has 0 aliphatic carbocycles. The third-order valence-electron chi connectivity index (χ3n) is 11.4. The van der Waals surface area contributed by atoms with Gasteiger partial charge in [0.2, 0.25) is 0 Å². The number of likely N-dealkylation sites (N-methyl/N-ethyl adjacent to an activating group) is 1. The van der Waals surface area contributed by atoms with Gasteiger partial charge in [0.05, 0.1) is 36.9 Å². The second-order valence-electron chi connectivity index (χ2n) is 17.8. The molecule has 3 heterocycles. The number of cyclic esters (lactones) is 1. The first-order valence-corrected chi connectivity index (χ1v) is 21.9. The normalized spacial score (nSPS) is 37.7. The second kappa shape index (κ2) is 24.7. The van der Waals surface area contributed by atoms with E-state index in [0.717, 1.165) is 0 Å². The van der Waals surface area contributed by atoms with Gasteiger partial charge in [-0.05, 0) is 66.0 Å². The van der Waals surface area contributed by atoms with Crippen molar-refractivity contribution in [2.24, 2.45) is 17.8 Å². The lowest BCUT2D eigenvalue weighted by Crippen LogP contribution is -2.66. The van der Waals surface area contributed by atoms with Crippen molar-refractivity contribution >= 4 is 30.2 Å². The summed E-state index contributed by atoms with van der Waals surface area (Å²) in [6.07, 6.45) is -4.36. The molecule has 16 unspecified atom stereocenters. The molecule has 354 valence electrons. The van der Waals surface area contributed by atoms with Crippen LogP contribution >= 0.6 is 0 Å². The number of carbonyl (C=O) groups excluding carboxylic acids is 5. The number of carbonyl (C=O) groups is 5. The van der Waals surface area contributed by atoms with E-state index in [1.165, 1.54) is 14.0 Å². The highest BCUT2D eigenvalue weighted by atomic mass is 16.7. The maximum absolute atomic E-state index is 13.4. The summed E-state index contributed by atoms with van der Waals surface area (Å²) in [6.45, 7) is 15.1. The average molecular weight is 884 g/mol. The molecule has 62 heavy (non-hydrogen) atoms. The lowest BCUT2D eigenvalue weighted by Gasteiger charge is -2.51. The maximum Gasteiger partial charge on any atom is 0.309 e. The van der Waals surface area contributed by atoms with Crippen molar-refractivity contribution in [3.05, 3.63) is 24.3 Å². The molecule has 0 radical (unpaired) electrons. The number of methoxy groups -OCH3 is 1. The molecular weight excluding hydrogens is 810 g/mol. The first kappa shape index (κ1) is 53.1. The monoisotopic (exact) mass is 883 g/mol. The predicted octanol–water partition coefficient (Wildman–Crippen LogP) is 3.97. The van der Waals surface area contributed by atoms with Crippen LogP contribution in [0.2, 0.25) is 0 Å². The third-order valence-corrected chi connectivity index (χ3v) is 11.4. The van der Waals surface area contributed by atoms with Gasteiger partial charge in [-0.3, -0.25) is 19.2 Å². The fourth-order valence-electron chi connectivity index (χ4n) is 8.41. The van der Waals surface area contributed by atoms with Crippen molar-refractivity contribution in [2.45, 2.75) is 193 Å². The summed E-state index contributed by atoms with van der Waals surface area (Å²) in [5.41, 5.74) is -1.53. The van der Waals surface area contributed by atoms with Crippen LogP contribution in [0.25, 0.3) is 0 Å². The molecule has 2 saturated heterocycles. The SMILES string of the molecule is CCC(=O)OC1C(OC2C(CC=O)CC(C)C(O)C=CC=CCC(C)OC(=O)CC(OC(C)=O)C2OC)OC(C)C(OC2CC(C)(O)C(OC(=O)CC(C)C)C(C)O2)C1N(C)C. The Kier molecular flexibility index (Phi) is 21.1. The molecule has 2 fully saturated rings. The molecule has 0 aromatic carbocycles. The minimum absolute atomic E-state index is 0.00145. The van der Waals surface area contributed by atoms with E-state index in [1.54, 1.807) is 77.9 Å². The molecule has 17 nitrogen and oxygen atoms in total. The molecule has 0 saturated carbocycles. The van der Waals surface area contributed by atoms with Crippen molar-refractivity contribution in [1.29, 1.82) is 0 Å². The van der Waals surface area contributed by atoms with E-state index in [9.17, 15) is 34.2 Å². The fourth-order valence-corrected chi connectivity index (χ4v) is 8.41. The van der Waals surface area contributed by atoms with Gasteiger partial charge in [0.25, 0.3) is 0 Å². The highest BCUT2D eigenvalue weighted by molar-refractivity contribution is 5.72. The number of hydrogen-bond acceptors (Lipinski definition) is 17. The Bertz CT molecular complexity index is 1520. The lowest BCUT2D eigenvalue weighted by molar-refractivity contribution is -0.345. The van der Waals surface area contributed by atoms with E-state index in [2.05, 4.69) is 0 Å². The van der Waals surface area contributed by atoms with E-state index >= 15 is 0 Å². The standard InChI is InChI=1S/C45H73NO16/c1-13-34(50)59-42-38(46(10)11)39(61-37-24-45(9,53)43(29(7)56-37)60-35(51)21-25(2)3)28(6)57-44(42)62-40-31(19-20-47)22-26(4)32(49)18-16-14-15-17-27(5)55-36(52)23-33(41(40)54-12)58-30(8)48/h14-16,18,20,25-29,31-33,37-44,49,53H,13,17,19,21-24H2,1-12H3. The Balaban J connectivity index is 2.10. The Labute approximate surface area is 367 Å². The van der Waals surface area contributed by atoms with E-state index < -0.39 is 127 Å². The summed E-state index contributed by atoms with van der Waals surface area (Å²) in [6, 6.07) is -0.777. The van der Waals surface area contributed by atoms with Crippen LogP contribution in [0.3, 0.4) is 0 Å². The number of aliphatic hydroxyl groups is 2. The number of nitrogens with zero attached hydrogens (tertiary/aromatic N) is 1. The zero-order valence-electron chi connectivity index (χ0n) is 38.6. The molecule has 0 spiro atoms. The Morgan fingerprint density at radius 1 is 0.968 bits per heavy atom. The molecule has 0 bridgehead atoms. The van der Waals surface area contributed by atoms with Crippen molar-refractivity contribution in [3.8, 4) is 0 Å². The number of hydrogen-bond donors (Lipinski definition) is 2. The largest absolute Gasteiger partial charge is 0.462 e. The Morgan fingerprint density at radius 2 is 1.66 bits per heavy atom. The molecule has 16 atom stereocenters. The average Bonchev–Trinajstić information content (AvgIpc) is 3.15. The van der Waals surface area contributed by atoms with Gasteiger partial charge in [0, 0.05) is 46.1 Å². The smallest absolute Gasteiger partial charge is 0.309 e. The van der Waals surface area contributed by atoms with Gasteiger partial charge in [-0.15, -0.1) is 0 Å². The van der Waals surface area contributed by atoms with Gasteiger partial charge in [-0.1, -0.05) is 52.0 Å². The molecule has 3 rings (SSSR count). The number of esters is 4. The van der Waals surface area contributed by atoms with E-state index in [4.69, 9.17) is 42.6 Å². The lowest BCUT2D eigenvalue weighted by atomic mass is 9.82. The van der Waals surface area contributed by atoms with Crippen LogP contribution in [-0.2, 0) is 66.6 Å². The number of ether oxygens (including phenoxy) is 9. The quantitative estimate of drug-likeness (QED) is 0.144. The summed E-state index contributed by atoms with van der Waals surface area (Å²) in [7, 11) is 4.89. The minimum Gasteiger partial charge on any atom is -0.462 e. The van der Waals surface area contributed by atoms with Crippen molar-refractivity contribution in [3.63, 3.8) is 0 Å². The van der Waals surface area contributed by atoms with Crippen LogP contribution < -0.4 is 0 Å². The fraction of sp³-hybridized carbons (Fsp3) is 0.800. The van der Waals surface area contributed by atoms with Gasteiger partial charge in [-0.25, -0.2) is 0 Å². The Morgan fingerprint density at radius 3 is 2.24 bits per heavy atom. The zero-order chi connectivity index (χ0) is 46.5. The molecule has 0 amide bonds. The molecule has 17 heteroatoms. The molecule has 2 N–H and O–H groups in total. The molecule has 0 aromatic rings. The van der Waals surface area contributed by atoms with Crippen LogP contribution in [0.5, 0.6) is 0 Å². The Hall–Kier alpha value is -3.29. The first-order chi connectivity index (χ1) is 29.1. The van der Waals surface area contributed by atoms with Crippen molar-refractivity contribution < 1.29 is 76.8 Å². The van der Waals surface area contributed by atoms with E-state index in [-0.39, 0.29) is 38.0 Å². The molecule has 3 aliphatic rings. The van der Waals surface area contributed by atoms with Gasteiger partial charge in [-0.2, -0.15) is 0 Å². The van der Waals surface area contributed by atoms with Gasteiger partial charge >= 0.3 is 23.9 Å². The maximum atomic E-state index is 13.4. The number of rotatable bonds is 14. The molecule has 0 aromatic heterocycles. The summed E-state index contributed by atoms with van der Waals surface area (Å²) in [5, 5.41) is 22.8.